The number of fused-ring (bicyclic) bond motifs is 1. The molecule has 0 aromatic carbocycles. The van der Waals surface area contributed by atoms with Crippen LogP contribution in [0.25, 0.3) is 0 Å². The van der Waals surface area contributed by atoms with Gasteiger partial charge in [0.05, 0.1) is 12.1 Å². The maximum absolute atomic E-state index is 13.1. The SMILES string of the molecule is C[C@@H]1CN(c2ccccn2)C[C@H]1C(=O)N1CCCc2[nH]ncc2C1. The largest absolute Gasteiger partial charge is 0.356 e. The summed E-state index contributed by atoms with van der Waals surface area (Å²) in [6, 6.07) is 5.94. The lowest BCUT2D eigenvalue weighted by molar-refractivity contribution is -0.136. The molecule has 6 heteroatoms. The highest BCUT2D eigenvalue weighted by Crippen LogP contribution is 2.29. The Hall–Kier alpha value is -2.37. The second-order valence-corrected chi connectivity index (χ2v) is 6.91. The van der Waals surface area contributed by atoms with Crippen molar-refractivity contribution in [3.63, 3.8) is 0 Å². The van der Waals surface area contributed by atoms with Gasteiger partial charge >= 0.3 is 0 Å². The standard InChI is InChI=1S/C18H23N5O/c1-13-10-23(17-6-2-3-7-19-17)12-15(13)18(24)22-8-4-5-16-14(11-22)9-20-21-16/h2-3,6-7,9,13,15H,4-5,8,10-12H2,1H3,(H,20,21)/t13-,15-/m1/s1. The molecule has 4 rings (SSSR count). The predicted molar refractivity (Wildman–Crippen MR) is 91.4 cm³/mol. The summed E-state index contributed by atoms with van der Waals surface area (Å²) in [5.74, 6) is 1.62. The van der Waals surface area contributed by atoms with E-state index in [-0.39, 0.29) is 11.8 Å². The van der Waals surface area contributed by atoms with Gasteiger partial charge in [0.2, 0.25) is 5.91 Å². The fraction of sp³-hybridized carbons (Fsp3) is 0.500. The molecule has 0 spiro atoms. The first-order chi connectivity index (χ1) is 11.7. The van der Waals surface area contributed by atoms with Crippen molar-refractivity contribution in [2.45, 2.75) is 26.3 Å². The van der Waals surface area contributed by atoms with Gasteiger partial charge in [-0.05, 0) is 30.9 Å². The van der Waals surface area contributed by atoms with Crippen molar-refractivity contribution in [1.29, 1.82) is 0 Å². The highest BCUT2D eigenvalue weighted by Gasteiger charge is 2.38. The maximum Gasteiger partial charge on any atom is 0.228 e. The molecule has 2 aromatic rings. The molecule has 0 bridgehead atoms. The predicted octanol–water partition coefficient (Wildman–Crippen LogP) is 1.85. The molecule has 4 heterocycles. The van der Waals surface area contributed by atoms with E-state index < -0.39 is 0 Å². The monoisotopic (exact) mass is 325 g/mol. The minimum Gasteiger partial charge on any atom is -0.356 e. The van der Waals surface area contributed by atoms with Crippen molar-refractivity contribution >= 4 is 11.7 Å². The molecule has 1 N–H and O–H groups in total. The molecule has 126 valence electrons. The van der Waals surface area contributed by atoms with Crippen LogP contribution in [0.4, 0.5) is 5.82 Å². The Bertz CT molecular complexity index is 713. The van der Waals surface area contributed by atoms with Gasteiger partial charge in [-0.1, -0.05) is 13.0 Å². The first kappa shape index (κ1) is 15.2. The van der Waals surface area contributed by atoms with Gasteiger partial charge in [-0.3, -0.25) is 9.89 Å². The van der Waals surface area contributed by atoms with Gasteiger partial charge < -0.3 is 9.80 Å². The summed E-state index contributed by atoms with van der Waals surface area (Å²) in [6.07, 6.45) is 5.63. The van der Waals surface area contributed by atoms with E-state index in [1.54, 1.807) is 0 Å². The van der Waals surface area contributed by atoms with Crippen LogP contribution in [0.2, 0.25) is 0 Å². The second kappa shape index (κ2) is 6.26. The highest BCUT2D eigenvalue weighted by molar-refractivity contribution is 5.80. The molecule has 2 atom stereocenters. The highest BCUT2D eigenvalue weighted by atomic mass is 16.2. The van der Waals surface area contributed by atoms with Crippen LogP contribution in [-0.2, 0) is 17.8 Å². The molecule has 2 aliphatic heterocycles. The second-order valence-electron chi connectivity index (χ2n) is 6.91. The van der Waals surface area contributed by atoms with Gasteiger partial charge in [0.1, 0.15) is 5.82 Å². The van der Waals surface area contributed by atoms with E-state index in [9.17, 15) is 4.79 Å². The zero-order chi connectivity index (χ0) is 16.5. The number of anilines is 1. The van der Waals surface area contributed by atoms with Crippen molar-refractivity contribution in [2.24, 2.45) is 11.8 Å². The van der Waals surface area contributed by atoms with Crippen LogP contribution in [0, 0.1) is 11.8 Å². The lowest BCUT2D eigenvalue weighted by atomic mass is 9.96. The Kier molecular flexibility index (Phi) is 3.96. The molecule has 1 fully saturated rings. The molecule has 2 aliphatic rings. The number of nitrogens with zero attached hydrogens (tertiary/aromatic N) is 4. The number of nitrogens with one attached hydrogen (secondary N) is 1. The molecule has 0 saturated carbocycles. The summed E-state index contributed by atoms with van der Waals surface area (Å²) >= 11 is 0. The number of rotatable bonds is 2. The van der Waals surface area contributed by atoms with Gasteiger partial charge in [-0.25, -0.2) is 4.98 Å². The van der Waals surface area contributed by atoms with Gasteiger partial charge in [-0.2, -0.15) is 5.10 Å². The number of carbonyl (C=O) groups is 1. The molecular weight excluding hydrogens is 302 g/mol. The quantitative estimate of drug-likeness (QED) is 0.915. The van der Waals surface area contributed by atoms with E-state index >= 15 is 0 Å². The zero-order valence-corrected chi connectivity index (χ0v) is 14.0. The van der Waals surface area contributed by atoms with Crippen LogP contribution in [0.5, 0.6) is 0 Å². The van der Waals surface area contributed by atoms with Crippen LogP contribution in [0.1, 0.15) is 24.6 Å². The first-order valence-electron chi connectivity index (χ1n) is 8.68. The van der Waals surface area contributed by atoms with Crippen LogP contribution in [-0.4, -0.2) is 45.6 Å². The molecule has 0 aliphatic carbocycles. The number of aryl methyl sites for hydroxylation is 1. The zero-order valence-electron chi connectivity index (χ0n) is 14.0. The third-order valence-electron chi connectivity index (χ3n) is 5.24. The smallest absolute Gasteiger partial charge is 0.228 e. The lowest BCUT2D eigenvalue weighted by Gasteiger charge is -2.25. The third-order valence-corrected chi connectivity index (χ3v) is 5.24. The van der Waals surface area contributed by atoms with E-state index in [1.165, 1.54) is 5.69 Å². The van der Waals surface area contributed by atoms with Gasteiger partial charge in [0.15, 0.2) is 0 Å². The molecule has 1 saturated heterocycles. The number of hydrogen-bond acceptors (Lipinski definition) is 4. The summed E-state index contributed by atoms with van der Waals surface area (Å²) in [5, 5.41) is 7.18. The summed E-state index contributed by atoms with van der Waals surface area (Å²) in [5.41, 5.74) is 2.34. The molecule has 24 heavy (non-hydrogen) atoms. The van der Waals surface area contributed by atoms with Crippen LogP contribution >= 0.6 is 0 Å². The van der Waals surface area contributed by atoms with Gasteiger partial charge in [0.25, 0.3) is 0 Å². The summed E-state index contributed by atoms with van der Waals surface area (Å²) in [7, 11) is 0. The lowest BCUT2D eigenvalue weighted by Crippen LogP contribution is -2.38. The minimum absolute atomic E-state index is 0.0421. The number of pyridine rings is 1. The van der Waals surface area contributed by atoms with E-state index in [0.29, 0.717) is 12.5 Å². The van der Waals surface area contributed by atoms with E-state index in [0.717, 1.165) is 43.9 Å². The molecular formula is C18H23N5O. The van der Waals surface area contributed by atoms with E-state index in [1.807, 2.05) is 35.5 Å². The number of H-pyrrole nitrogens is 1. The van der Waals surface area contributed by atoms with E-state index in [2.05, 4.69) is 27.0 Å². The van der Waals surface area contributed by atoms with Crippen LogP contribution < -0.4 is 4.90 Å². The van der Waals surface area contributed by atoms with Crippen molar-refractivity contribution in [3.05, 3.63) is 41.9 Å². The molecule has 0 unspecified atom stereocenters. The van der Waals surface area contributed by atoms with Gasteiger partial charge in [0, 0.05) is 43.6 Å². The Labute approximate surface area is 141 Å². The maximum atomic E-state index is 13.1. The summed E-state index contributed by atoms with van der Waals surface area (Å²) in [6.45, 7) is 5.32. The van der Waals surface area contributed by atoms with Crippen LogP contribution in [0.15, 0.2) is 30.6 Å². The molecule has 1 amide bonds. The fourth-order valence-electron chi connectivity index (χ4n) is 3.86. The summed E-state index contributed by atoms with van der Waals surface area (Å²) in [4.78, 5) is 21.8. The van der Waals surface area contributed by atoms with Crippen molar-refractivity contribution < 1.29 is 4.79 Å². The Morgan fingerprint density at radius 3 is 3.08 bits per heavy atom. The number of hydrogen-bond donors (Lipinski definition) is 1. The normalized spacial score (nSPS) is 23.9. The molecule has 2 aromatic heterocycles. The number of aromatic amines is 1. The molecule has 0 radical (unpaired) electrons. The topological polar surface area (TPSA) is 65.1 Å². The van der Waals surface area contributed by atoms with Crippen LogP contribution in [0.3, 0.4) is 0 Å². The van der Waals surface area contributed by atoms with Crippen molar-refractivity contribution in [1.82, 2.24) is 20.1 Å². The molecule has 6 nitrogen and oxygen atoms in total. The minimum atomic E-state index is 0.0421. The summed E-state index contributed by atoms with van der Waals surface area (Å²) < 4.78 is 0. The number of aromatic nitrogens is 3. The third kappa shape index (κ3) is 2.77. The number of amides is 1. The van der Waals surface area contributed by atoms with Crippen molar-refractivity contribution in [2.75, 3.05) is 24.5 Å². The van der Waals surface area contributed by atoms with Gasteiger partial charge in [-0.15, -0.1) is 0 Å². The van der Waals surface area contributed by atoms with Crippen molar-refractivity contribution in [3.8, 4) is 0 Å². The Morgan fingerprint density at radius 1 is 1.33 bits per heavy atom. The Morgan fingerprint density at radius 2 is 2.25 bits per heavy atom. The fourth-order valence-corrected chi connectivity index (χ4v) is 3.86. The number of carbonyl (C=O) groups excluding carboxylic acids is 1. The van der Waals surface area contributed by atoms with E-state index in [4.69, 9.17) is 0 Å². The average molecular weight is 325 g/mol. The average Bonchev–Trinajstić information content (AvgIpc) is 3.16. The first-order valence-corrected chi connectivity index (χ1v) is 8.68. The Balaban J connectivity index is 1.48.